The predicted molar refractivity (Wildman–Crippen MR) is 109 cm³/mol. The lowest BCUT2D eigenvalue weighted by atomic mass is 9.99. The molecule has 0 unspecified atom stereocenters. The Bertz CT molecular complexity index is 756. The number of hydrogen-bond acceptors (Lipinski definition) is 2. The molecule has 3 nitrogen and oxygen atoms in total. The lowest BCUT2D eigenvalue weighted by molar-refractivity contribution is 0.102. The van der Waals surface area contributed by atoms with Crippen LogP contribution in [-0.2, 0) is 6.54 Å². The van der Waals surface area contributed by atoms with Crippen molar-refractivity contribution in [2.24, 2.45) is 5.92 Å². The smallest absolute Gasteiger partial charge is 0.255 e. The number of piperidine rings is 1. The van der Waals surface area contributed by atoms with Crippen LogP contribution < -0.4 is 5.32 Å². The Morgan fingerprint density at radius 3 is 2.38 bits per heavy atom. The first-order valence-electron chi connectivity index (χ1n) is 9.63. The molecule has 1 aliphatic heterocycles. The molecule has 1 atom stereocenters. The second-order valence-corrected chi connectivity index (χ2v) is 7.91. The summed E-state index contributed by atoms with van der Waals surface area (Å²) in [4.78, 5) is 15.1. The highest BCUT2D eigenvalue weighted by molar-refractivity contribution is 6.05. The molecule has 2 aromatic carbocycles. The molecule has 1 amide bonds. The van der Waals surface area contributed by atoms with Gasteiger partial charge in [0, 0.05) is 24.3 Å². The van der Waals surface area contributed by atoms with Crippen molar-refractivity contribution in [3.8, 4) is 0 Å². The second-order valence-electron chi connectivity index (χ2n) is 7.91. The van der Waals surface area contributed by atoms with E-state index in [-0.39, 0.29) is 5.91 Å². The van der Waals surface area contributed by atoms with Crippen molar-refractivity contribution >= 4 is 11.6 Å². The Balaban J connectivity index is 1.65. The Hall–Kier alpha value is -2.13. The predicted octanol–water partition coefficient (Wildman–Crippen LogP) is 5.10. The van der Waals surface area contributed by atoms with Gasteiger partial charge in [-0.05, 0) is 74.9 Å². The van der Waals surface area contributed by atoms with Crippen LogP contribution in [0.5, 0.6) is 0 Å². The Morgan fingerprint density at radius 1 is 1.12 bits per heavy atom. The molecular formula is C23H30N2O. The van der Waals surface area contributed by atoms with Gasteiger partial charge in [0.1, 0.15) is 0 Å². The van der Waals surface area contributed by atoms with Gasteiger partial charge >= 0.3 is 0 Å². The zero-order valence-corrected chi connectivity index (χ0v) is 16.4. The van der Waals surface area contributed by atoms with Gasteiger partial charge in [-0.15, -0.1) is 0 Å². The highest BCUT2D eigenvalue weighted by Gasteiger charge is 2.16. The minimum atomic E-state index is -0.0433. The summed E-state index contributed by atoms with van der Waals surface area (Å²) in [6.07, 6.45) is 2.63. The van der Waals surface area contributed by atoms with Crippen molar-refractivity contribution in [2.45, 2.75) is 47.1 Å². The van der Waals surface area contributed by atoms with Crippen molar-refractivity contribution in [2.75, 3.05) is 18.4 Å². The van der Waals surface area contributed by atoms with E-state index in [9.17, 15) is 4.79 Å². The first-order valence-corrected chi connectivity index (χ1v) is 9.63. The van der Waals surface area contributed by atoms with Crippen LogP contribution in [0, 0.1) is 26.7 Å². The number of amides is 1. The minimum Gasteiger partial charge on any atom is -0.322 e. The maximum absolute atomic E-state index is 12.6. The number of benzene rings is 2. The summed E-state index contributed by atoms with van der Waals surface area (Å²) in [5.41, 5.74) is 6.33. The van der Waals surface area contributed by atoms with Gasteiger partial charge < -0.3 is 5.32 Å². The molecule has 1 fully saturated rings. The molecule has 1 N–H and O–H groups in total. The van der Waals surface area contributed by atoms with Gasteiger partial charge in [-0.2, -0.15) is 0 Å². The molecule has 2 aromatic rings. The summed E-state index contributed by atoms with van der Waals surface area (Å²) < 4.78 is 0. The van der Waals surface area contributed by atoms with Crippen molar-refractivity contribution < 1.29 is 4.79 Å². The van der Waals surface area contributed by atoms with Crippen LogP contribution in [0.2, 0.25) is 0 Å². The molecule has 0 aromatic heterocycles. The van der Waals surface area contributed by atoms with E-state index in [2.05, 4.69) is 48.3 Å². The third-order valence-corrected chi connectivity index (χ3v) is 5.28. The molecule has 0 bridgehead atoms. The topological polar surface area (TPSA) is 32.3 Å². The first-order chi connectivity index (χ1) is 12.4. The van der Waals surface area contributed by atoms with Gasteiger partial charge in [-0.3, -0.25) is 9.69 Å². The van der Waals surface area contributed by atoms with Crippen LogP contribution >= 0.6 is 0 Å². The number of nitrogens with one attached hydrogen (secondary N) is 1. The Labute approximate surface area is 157 Å². The lowest BCUT2D eigenvalue weighted by Gasteiger charge is -2.30. The van der Waals surface area contributed by atoms with Gasteiger partial charge in [0.25, 0.3) is 5.91 Å². The quantitative estimate of drug-likeness (QED) is 0.832. The highest BCUT2D eigenvalue weighted by Crippen LogP contribution is 2.23. The first kappa shape index (κ1) is 18.7. The zero-order valence-electron chi connectivity index (χ0n) is 16.4. The number of hydrogen-bond donors (Lipinski definition) is 1. The van der Waals surface area contributed by atoms with E-state index in [0.29, 0.717) is 5.56 Å². The molecule has 0 spiro atoms. The van der Waals surface area contributed by atoms with E-state index in [4.69, 9.17) is 0 Å². The number of carbonyl (C=O) groups is 1. The van der Waals surface area contributed by atoms with Crippen LogP contribution in [0.1, 0.15) is 52.4 Å². The largest absolute Gasteiger partial charge is 0.322 e. The van der Waals surface area contributed by atoms with Crippen LogP contribution in [-0.4, -0.2) is 23.9 Å². The molecule has 3 heteroatoms. The van der Waals surface area contributed by atoms with Gasteiger partial charge in [-0.1, -0.05) is 36.8 Å². The zero-order chi connectivity index (χ0) is 18.7. The Morgan fingerprint density at radius 2 is 1.77 bits per heavy atom. The highest BCUT2D eigenvalue weighted by atomic mass is 16.1. The molecule has 26 heavy (non-hydrogen) atoms. The average Bonchev–Trinajstić information content (AvgIpc) is 2.58. The molecule has 0 saturated carbocycles. The third kappa shape index (κ3) is 4.53. The fourth-order valence-corrected chi connectivity index (χ4v) is 4.01. The standard InChI is InChI=1S/C23H30N2O/c1-16-6-5-11-25(14-16)15-20-7-9-21(10-8-20)23(26)24-22-18(3)12-17(2)13-19(22)4/h7-10,12-13,16H,5-6,11,14-15H2,1-4H3,(H,24,26)/t16-/m1/s1. The minimum absolute atomic E-state index is 0.0433. The normalized spacial score (nSPS) is 17.9. The summed E-state index contributed by atoms with van der Waals surface area (Å²) in [5.74, 6) is 0.744. The molecule has 138 valence electrons. The molecule has 1 aliphatic rings. The maximum atomic E-state index is 12.6. The molecular weight excluding hydrogens is 320 g/mol. The van der Waals surface area contributed by atoms with Crippen molar-refractivity contribution in [3.63, 3.8) is 0 Å². The van der Waals surface area contributed by atoms with Crippen LogP contribution in [0.25, 0.3) is 0 Å². The SMILES string of the molecule is Cc1cc(C)c(NC(=O)c2ccc(CN3CCC[C@@H](C)C3)cc2)c(C)c1. The number of nitrogens with zero attached hydrogens (tertiary/aromatic N) is 1. The van der Waals surface area contributed by atoms with Crippen LogP contribution in [0.4, 0.5) is 5.69 Å². The summed E-state index contributed by atoms with van der Waals surface area (Å²) >= 11 is 0. The fourth-order valence-electron chi connectivity index (χ4n) is 4.01. The van der Waals surface area contributed by atoms with E-state index >= 15 is 0 Å². The van der Waals surface area contributed by atoms with Crippen molar-refractivity contribution in [1.29, 1.82) is 0 Å². The molecule has 1 heterocycles. The summed E-state index contributed by atoms with van der Waals surface area (Å²) in [6.45, 7) is 11.8. The molecule has 0 radical (unpaired) electrons. The summed E-state index contributed by atoms with van der Waals surface area (Å²) in [6, 6.07) is 12.3. The van der Waals surface area contributed by atoms with E-state index in [1.807, 2.05) is 26.0 Å². The summed E-state index contributed by atoms with van der Waals surface area (Å²) in [5, 5.41) is 3.08. The number of likely N-dealkylation sites (tertiary alicyclic amines) is 1. The molecule has 1 saturated heterocycles. The van der Waals surface area contributed by atoms with Crippen LogP contribution in [0.15, 0.2) is 36.4 Å². The van der Waals surface area contributed by atoms with Gasteiger partial charge in [0.2, 0.25) is 0 Å². The van der Waals surface area contributed by atoms with E-state index < -0.39 is 0 Å². The molecule has 0 aliphatic carbocycles. The van der Waals surface area contributed by atoms with Gasteiger partial charge in [0.15, 0.2) is 0 Å². The molecule has 3 rings (SSSR count). The van der Waals surface area contributed by atoms with E-state index in [1.54, 1.807) is 0 Å². The van der Waals surface area contributed by atoms with Crippen LogP contribution in [0.3, 0.4) is 0 Å². The van der Waals surface area contributed by atoms with Gasteiger partial charge in [0.05, 0.1) is 0 Å². The van der Waals surface area contributed by atoms with Crippen molar-refractivity contribution in [1.82, 2.24) is 4.90 Å². The average molecular weight is 351 g/mol. The van der Waals surface area contributed by atoms with Gasteiger partial charge in [-0.25, -0.2) is 0 Å². The number of carbonyl (C=O) groups excluding carboxylic acids is 1. The summed E-state index contributed by atoms with van der Waals surface area (Å²) in [7, 11) is 0. The maximum Gasteiger partial charge on any atom is 0.255 e. The lowest BCUT2D eigenvalue weighted by Crippen LogP contribution is -2.33. The second kappa shape index (κ2) is 8.05. The number of anilines is 1. The van der Waals surface area contributed by atoms with E-state index in [0.717, 1.165) is 29.3 Å². The number of rotatable bonds is 4. The van der Waals surface area contributed by atoms with Crippen molar-refractivity contribution in [3.05, 3.63) is 64.2 Å². The fraction of sp³-hybridized carbons (Fsp3) is 0.435. The Kier molecular flexibility index (Phi) is 5.77. The monoisotopic (exact) mass is 350 g/mol. The number of aryl methyl sites for hydroxylation is 3. The van der Waals surface area contributed by atoms with E-state index in [1.165, 1.54) is 37.1 Å². The third-order valence-electron chi connectivity index (χ3n) is 5.28.